The van der Waals surface area contributed by atoms with Crippen LogP contribution in [0.4, 0.5) is 5.69 Å². The van der Waals surface area contributed by atoms with Crippen LogP contribution in [0.2, 0.25) is 0 Å². The molecule has 0 unspecified atom stereocenters. The van der Waals surface area contributed by atoms with E-state index in [1.54, 1.807) is 11.1 Å². The molecule has 1 aromatic rings. The predicted molar refractivity (Wildman–Crippen MR) is 86.6 cm³/mol. The van der Waals surface area contributed by atoms with Crippen molar-refractivity contribution in [3.05, 3.63) is 24.0 Å². The van der Waals surface area contributed by atoms with Gasteiger partial charge in [-0.05, 0) is 44.2 Å². The van der Waals surface area contributed by atoms with Crippen LogP contribution in [-0.2, 0) is 0 Å². The minimum absolute atomic E-state index is 0.00993. The molecule has 2 rings (SSSR count). The van der Waals surface area contributed by atoms with E-state index in [0.29, 0.717) is 24.2 Å². The van der Waals surface area contributed by atoms with Crippen LogP contribution in [0.25, 0.3) is 0 Å². The first-order valence-corrected chi connectivity index (χ1v) is 8.07. The number of hydrogen-bond acceptors (Lipinski definition) is 3. The molecule has 4 heteroatoms. The molecule has 0 aliphatic heterocycles. The van der Waals surface area contributed by atoms with Crippen LogP contribution >= 0.6 is 0 Å². The second-order valence-electron chi connectivity index (χ2n) is 6.28. The largest absolute Gasteiger partial charge is 0.384 e. The summed E-state index contributed by atoms with van der Waals surface area (Å²) in [4.78, 5) is 18.3. The Bertz CT molecular complexity index is 477. The Labute approximate surface area is 127 Å². The summed E-state index contributed by atoms with van der Waals surface area (Å²) in [7, 11) is 0. The zero-order valence-corrected chi connectivity index (χ0v) is 13.5. The molecule has 0 bridgehead atoms. The number of carbonyl (C=O) groups excluding carboxylic acids is 1. The molecule has 116 valence electrons. The van der Waals surface area contributed by atoms with Gasteiger partial charge in [0, 0.05) is 31.5 Å². The van der Waals surface area contributed by atoms with Crippen molar-refractivity contribution >= 4 is 11.6 Å². The van der Waals surface area contributed by atoms with E-state index in [1.807, 2.05) is 26.0 Å². The molecule has 1 aliphatic carbocycles. The second kappa shape index (κ2) is 6.92. The summed E-state index contributed by atoms with van der Waals surface area (Å²) in [6.45, 7) is 8.72. The highest BCUT2D eigenvalue weighted by Crippen LogP contribution is 2.37. The minimum Gasteiger partial charge on any atom is -0.384 e. The van der Waals surface area contributed by atoms with Gasteiger partial charge in [0.1, 0.15) is 5.69 Å². The first kappa shape index (κ1) is 15.8. The third-order valence-electron chi connectivity index (χ3n) is 4.56. The summed E-state index contributed by atoms with van der Waals surface area (Å²) in [6, 6.07) is 3.82. The van der Waals surface area contributed by atoms with Gasteiger partial charge in [-0.2, -0.15) is 0 Å². The Morgan fingerprint density at radius 1 is 1.33 bits per heavy atom. The van der Waals surface area contributed by atoms with E-state index in [1.165, 1.54) is 25.7 Å². The molecular formula is C17H27N3O. The number of rotatable bonds is 6. The number of carbonyl (C=O) groups is 1. The molecule has 0 spiro atoms. The zero-order valence-electron chi connectivity index (χ0n) is 13.5. The Morgan fingerprint density at radius 3 is 2.62 bits per heavy atom. The van der Waals surface area contributed by atoms with Crippen molar-refractivity contribution in [1.82, 2.24) is 9.88 Å². The fourth-order valence-electron chi connectivity index (χ4n) is 3.05. The minimum atomic E-state index is 0.00993. The summed E-state index contributed by atoms with van der Waals surface area (Å²) >= 11 is 0. The molecule has 1 fully saturated rings. The summed E-state index contributed by atoms with van der Waals surface area (Å²) in [6.07, 6.45) is 6.96. The van der Waals surface area contributed by atoms with Crippen LogP contribution in [0.1, 0.15) is 56.9 Å². The van der Waals surface area contributed by atoms with E-state index >= 15 is 0 Å². The molecule has 21 heavy (non-hydrogen) atoms. The highest BCUT2D eigenvalue weighted by molar-refractivity contribution is 5.93. The van der Waals surface area contributed by atoms with Gasteiger partial charge in [-0.15, -0.1) is 0 Å². The summed E-state index contributed by atoms with van der Waals surface area (Å²) in [5.74, 6) is 0.00993. The fraction of sp³-hybridized carbons (Fsp3) is 0.647. The van der Waals surface area contributed by atoms with Crippen molar-refractivity contribution in [2.24, 2.45) is 5.41 Å². The quantitative estimate of drug-likeness (QED) is 0.871. The summed E-state index contributed by atoms with van der Waals surface area (Å²) in [5, 5.41) is 3.49. The number of nitrogens with one attached hydrogen (secondary N) is 1. The van der Waals surface area contributed by atoms with Gasteiger partial charge < -0.3 is 10.2 Å². The van der Waals surface area contributed by atoms with E-state index < -0.39 is 0 Å². The van der Waals surface area contributed by atoms with Gasteiger partial charge in [0.25, 0.3) is 5.91 Å². The first-order chi connectivity index (χ1) is 10.1. The maximum atomic E-state index is 12.3. The normalized spacial score (nSPS) is 16.7. The number of aromatic nitrogens is 1. The van der Waals surface area contributed by atoms with E-state index in [-0.39, 0.29) is 5.91 Å². The Kier molecular flexibility index (Phi) is 5.21. The van der Waals surface area contributed by atoms with Gasteiger partial charge >= 0.3 is 0 Å². The van der Waals surface area contributed by atoms with E-state index in [4.69, 9.17) is 0 Å². The molecule has 1 heterocycles. The van der Waals surface area contributed by atoms with Gasteiger partial charge in [-0.25, -0.2) is 0 Å². The molecule has 1 amide bonds. The van der Waals surface area contributed by atoms with Crippen LogP contribution in [0.5, 0.6) is 0 Å². The third kappa shape index (κ3) is 3.96. The smallest absolute Gasteiger partial charge is 0.272 e. The highest BCUT2D eigenvalue weighted by Gasteiger charge is 2.28. The van der Waals surface area contributed by atoms with Crippen LogP contribution in [-0.4, -0.2) is 35.4 Å². The number of pyridine rings is 1. The number of amides is 1. The lowest BCUT2D eigenvalue weighted by Gasteiger charge is -2.24. The van der Waals surface area contributed by atoms with Crippen LogP contribution in [0.3, 0.4) is 0 Å². The molecule has 1 saturated carbocycles. The van der Waals surface area contributed by atoms with Crippen molar-refractivity contribution in [3.63, 3.8) is 0 Å². The van der Waals surface area contributed by atoms with E-state index in [2.05, 4.69) is 17.2 Å². The standard InChI is InChI=1S/C17H27N3O/c1-4-20(5-2)16(21)15-12-14(8-11-18-15)19-13-17(3)9-6-7-10-17/h8,11-12H,4-7,9-10,13H2,1-3H3,(H,18,19). The number of anilines is 1. The second-order valence-corrected chi connectivity index (χ2v) is 6.28. The lowest BCUT2D eigenvalue weighted by molar-refractivity contribution is 0.0767. The van der Waals surface area contributed by atoms with Crippen molar-refractivity contribution in [2.45, 2.75) is 46.5 Å². The Hall–Kier alpha value is -1.58. The van der Waals surface area contributed by atoms with Crippen LogP contribution in [0, 0.1) is 5.41 Å². The molecule has 0 atom stereocenters. The topological polar surface area (TPSA) is 45.2 Å². The van der Waals surface area contributed by atoms with Crippen LogP contribution < -0.4 is 5.32 Å². The average Bonchev–Trinajstić information content (AvgIpc) is 2.94. The van der Waals surface area contributed by atoms with Crippen molar-refractivity contribution < 1.29 is 4.79 Å². The van der Waals surface area contributed by atoms with Crippen molar-refractivity contribution in [2.75, 3.05) is 25.0 Å². The molecule has 0 saturated heterocycles. The van der Waals surface area contributed by atoms with Gasteiger partial charge in [-0.1, -0.05) is 19.8 Å². The zero-order chi connectivity index (χ0) is 15.3. The maximum absolute atomic E-state index is 12.3. The first-order valence-electron chi connectivity index (χ1n) is 8.07. The van der Waals surface area contributed by atoms with Gasteiger partial charge in [0.2, 0.25) is 0 Å². The highest BCUT2D eigenvalue weighted by atomic mass is 16.2. The van der Waals surface area contributed by atoms with E-state index in [9.17, 15) is 4.79 Å². The number of nitrogens with zero attached hydrogens (tertiary/aromatic N) is 2. The molecule has 0 aromatic carbocycles. The molecule has 1 N–H and O–H groups in total. The Morgan fingerprint density at radius 2 is 2.00 bits per heavy atom. The molecule has 1 aromatic heterocycles. The Balaban J connectivity index is 2.02. The van der Waals surface area contributed by atoms with Crippen molar-refractivity contribution in [3.8, 4) is 0 Å². The maximum Gasteiger partial charge on any atom is 0.272 e. The lowest BCUT2D eigenvalue weighted by atomic mass is 9.89. The number of hydrogen-bond donors (Lipinski definition) is 1. The lowest BCUT2D eigenvalue weighted by Crippen LogP contribution is -2.31. The molecule has 4 nitrogen and oxygen atoms in total. The molecular weight excluding hydrogens is 262 g/mol. The summed E-state index contributed by atoms with van der Waals surface area (Å²) in [5.41, 5.74) is 1.92. The molecule has 1 aliphatic rings. The molecule has 0 radical (unpaired) electrons. The van der Waals surface area contributed by atoms with Crippen LogP contribution in [0.15, 0.2) is 18.3 Å². The average molecular weight is 289 g/mol. The van der Waals surface area contributed by atoms with Gasteiger partial charge in [0.15, 0.2) is 0 Å². The van der Waals surface area contributed by atoms with Gasteiger partial charge in [-0.3, -0.25) is 9.78 Å². The van der Waals surface area contributed by atoms with Gasteiger partial charge in [0.05, 0.1) is 0 Å². The van der Waals surface area contributed by atoms with Crippen molar-refractivity contribution in [1.29, 1.82) is 0 Å². The fourth-order valence-corrected chi connectivity index (χ4v) is 3.05. The SMILES string of the molecule is CCN(CC)C(=O)c1cc(NCC2(C)CCCC2)ccn1. The van der Waals surface area contributed by atoms with E-state index in [0.717, 1.165) is 12.2 Å². The monoisotopic (exact) mass is 289 g/mol. The summed E-state index contributed by atoms with van der Waals surface area (Å²) < 4.78 is 0. The predicted octanol–water partition coefficient (Wildman–Crippen LogP) is 3.56. The third-order valence-corrected chi connectivity index (χ3v) is 4.56.